The van der Waals surface area contributed by atoms with Gasteiger partial charge in [-0.3, -0.25) is 4.90 Å². The van der Waals surface area contributed by atoms with Crippen molar-refractivity contribution in [1.82, 2.24) is 4.90 Å². The van der Waals surface area contributed by atoms with Crippen LogP contribution in [0.1, 0.15) is 5.56 Å². The SMILES string of the molecule is COc1cc(CN2CC3(COC3)C2)ccc1O. The molecule has 1 N–H and O–H groups in total. The lowest BCUT2D eigenvalue weighted by molar-refractivity contribution is -0.191. The number of phenolic OH excluding ortho intramolecular Hbond substituents is 1. The van der Waals surface area contributed by atoms with Crippen molar-refractivity contribution in [2.75, 3.05) is 33.4 Å². The maximum absolute atomic E-state index is 9.52. The van der Waals surface area contributed by atoms with Crippen LogP contribution in [0.25, 0.3) is 0 Å². The summed E-state index contributed by atoms with van der Waals surface area (Å²) in [7, 11) is 1.57. The smallest absolute Gasteiger partial charge is 0.160 e. The summed E-state index contributed by atoms with van der Waals surface area (Å²) in [6, 6.07) is 5.54. The lowest BCUT2D eigenvalue weighted by atomic mass is 9.78. The molecule has 4 nitrogen and oxygen atoms in total. The van der Waals surface area contributed by atoms with Gasteiger partial charge in [-0.1, -0.05) is 6.07 Å². The minimum absolute atomic E-state index is 0.198. The molecule has 4 heteroatoms. The highest BCUT2D eigenvalue weighted by molar-refractivity contribution is 5.41. The molecule has 2 saturated heterocycles. The fourth-order valence-corrected chi connectivity index (χ4v) is 2.67. The Bertz CT molecular complexity index is 421. The van der Waals surface area contributed by atoms with Gasteiger partial charge in [0.25, 0.3) is 0 Å². The number of hydrogen-bond acceptors (Lipinski definition) is 4. The third-order valence-corrected chi connectivity index (χ3v) is 3.58. The summed E-state index contributed by atoms with van der Waals surface area (Å²) in [5.74, 6) is 0.744. The number of likely N-dealkylation sites (tertiary alicyclic amines) is 1. The molecule has 2 aliphatic heterocycles. The van der Waals surface area contributed by atoms with E-state index in [1.165, 1.54) is 5.56 Å². The topological polar surface area (TPSA) is 41.9 Å². The number of aromatic hydroxyl groups is 1. The largest absolute Gasteiger partial charge is 0.504 e. The summed E-state index contributed by atoms with van der Waals surface area (Å²) < 4.78 is 10.4. The lowest BCUT2D eigenvalue weighted by Crippen LogP contribution is -2.65. The van der Waals surface area contributed by atoms with Gasteiger partial charge in [0.2, 0.25) is 0 Å². The van der Waals surface area contributed by atoms with E-state index in [1.54, 1.807) is 13.2 Å². The highest BCUT2D eigenvalue weighted by Crippen LogP contribution is 2.38. The van der Waals surface area contributed by atoms with Gasteiger partial charge in [-0.25, -0.2) is 0 Å². The van der Waals surface area contributed by atoms with Crippen molar-refractivity contribution in [3.8, 4) is 11.5 Å². The van der Waals surface area contributed by atoms with Gasteiger partial charge in [0.1, 0.15) is 0 Å². The molecular formula is C13H17NO3. The monoisotopic (exact) mass is 235 g/mol. The maximum Gasteiger partial charge on any atom is 0.160 e. The molecule has 3 rings (SSSR count). The Morgan fingerprint density at radius 2 is 2.18 bits per heavy atom. The van der Waals surface area contributed by atoms with Crippen molar-refractivity contribution in [3.63, 3.8) is 0 Å². The summed E-state index contributed by atoms with van der Waals surface area (Å²) in [4.78, 5) is 2.40. The Morgan fingerprint density at radius 3 is 2.76 bits per heavy atom. The number of nitrogens with zero attached hydrogens (tertiary/aromatic N) is 1. The number of rotatable bonds is 3. The Balaban J connectivity index is 1.62. The predicted octanol–water partition coefficient (Wildman–Crippen LogP) is 1.23. The number of ether oxygens (including phenoxy) is 2. The highest BCUT2D eigenvalue weighted by atomic mass is 16.5. The molecule has 0 bridgehead atoms. The molecule has 0 unspecified atom stereocenters. The highest BCUT2D eigenvalue weighted by Gasteiger charge is 2.48. The molecule has 1 aromatic carbocycles. The van der Waals surface area contributed by atoms with Gasteiger partial charge in [-0.05, 0) is 17.7 Å². The standard InChI is InChI=1S/C13H17NO3/c1-16-12-4-10(2-3-11(12)15)5-14-6-13(7-14)8-17-9-13/h2-4,15H,5-9H2,1H3. The first-order chi connectivity index (χ1) is 8.21. The average molecular weight is 235 g/mol. The molecular weight excluding hydrogens is 218 g/mol. The molecule has 0 saturated carbocycles. The zero-order valence-electron chi connectivity index (χ0n) is 9.98. The number of phenols is 1. The molecule has 2 heterocycles. The van der Waals surface area contributed by atoms with Crippen molar-refractivity contribution in [3.05, 3.63) is 23.8 Å². The lowest BCUT2D eigenvalue weighted by Gasteiger charge is -2.55. The van der Waals surface area contributed by atoms with Gasteiger partial charge in [-0.15, -0.1) is 0 Å². The van der Waals surface area contributed by atoms with Crippen LogP contribution in [0.15, 0.2) is 18.2 Å². The normalized spacial score (nSPS) is 21.9. The van der Waals surface area contributed by atoms with Crippen LogP contribution in [0.3, 0.4) is 0 Å². The molecule has 1 spiro atoms. The van der Waals surface area contributed by atoms with E-state index in [0.29, 0.717) is 11.2 Å². The Kier molecular flexibility index (Phi) is 2.49. The zero-order chi connectivity index (χ0) is 11.9. The zero-order valence-corrected chi connectivity index (χ0v) is 9.98. The summed E-state index contributed by atoms with van der Waals surface area (Å²) in [5, 5.41) is 9.52. The van der Waals surface area contributed by atoms with Crippen LogP contribution in [0.2, 0.25) is 0 Å². The van der Waals surface area contributed by atoms with Crippen molar-refractivity contribution in [2.45, 2.75) is 6.54 Å². The van der Waals surface area contributed by atoms with E-state index >= 15 is 0 Å². The van der Waals surface area contributed by atoms with E-state index in [1.807, 2.05) is 12.1 Å². The Hall–Kier alpha value is -1.26. The fraction of sp³-hybridized carbons (Fsp3) is 0.538. The number of methoxy groups -OCH3 is 1. The Morgan fingerprint density at radius 1 is 1.41 bits per heavy atom. The van der Waals surface area contributed by atoms with Crippen molar-refractivity contribution in [2.24, 2.45) is 5.41 Å². The third-order valence-electron chi connectivity index (χ3n) is 3.58. The van der Waals surface area contributed by atoms with Gasteiger partial charge < -0.3 is 14.6 Å². The average Bonchev–Trinajstić information content (AvgIpc) is 2.22. The molecule has 2 aliphatic rings. The van der Waals surface area contributed by atoms with E-state index in [4.69, 9.17) is 9.47 Å². The van der Waals surface area contributed by atoms with Gasteiger partial charge in [0, 0.05) is 25.0 Å². The van der Waals surface area contributed by atoms with Crippen LogP contribution in [0.4, 0.5) is 0 Å². The second-order valence-electron chi connectivity index (χ2n) is 5.14. The van der Waals surface area contributed by atoms with Crippen LogP contribution < -0.4 is 4.74 Å². The number of hydrogen-bond donors (Lipinski definition) is 1. The molecule has 92 valence electrons. The predicted molar refractivity (Wildman–Crippen MR) is 63.2 cm³/mol. The second-order valence-corrected chi connectivity index (χ2v) is 5.14. The third kappa shape index (κ3) is 1.87. The van der Waals surface area contributed by atoms with Crippen LogP contribution in [-0.4, -0.2) is 43.4 Å². The van der Waals surface area contributed by atoms with E-state index < -0.39 is 0 Å². The van der Waals surface area contributed by atoms with Crippen LogP contribution in [-0.2, 0) is 11.3 Å². The van der Waals surface area contributed by atoms with Gasteiger partial charge >= 0.3 is 0 Å². The summed E-state index contributed by atoms with van der Waals surface area (Å²) >= 11 is 0. The molecule has 0 amide bonds. The molecule has 0 radical (unpaired) electrons. The molecule has 17 heavy (non-hydrogen) atoms. The number of benzene rings is 1. The summed E-state index contributed by atoms with van der Waals surface area (Å²) in [5.41, 5.74) is 1.64. The van der Waals surface area contributed by atoms with Crippen molar-refractivity contribution < 1.29 is 14.6 Å². The second kappa shape index (κ2) is 3.89. The molecule has 2 fully saturated rings. The molecule has 0 aliphatic carbocycles. The minimum atomic E-state index is 0.198. The van der Waals surface area contributed by atoms with Gasteiger partial charge in [0.05, 0.1) is 20.3 Å². The van der Waals surface area contributed by atoms with Crippen LogP contribution >= 0.6 is 0 Å². The quantitative estimate of drug-likeness (QED) is 0.855. The van der Waals surface area contributed by atoms with Crippen LogP contribution in [0, 0.1) is 5.41 Å². The summed E-state index contributed by atoms with van der Waals surface area (Å²) in [6.07, 6.45) is 0. The Labute approximate surface area is 101 Å². The maximum atomic E-state index is 9.52. The van der Waals surface area contributed by atoms with E-state index in [2.05, 4.69) is 4.90 Å². The first-order valence-corrected chi connectivity index (χ1v) is 5.87. The molecule has 0 atom stereocenters. The van der Waals surface area contributed by atoms with E-state index in [9.17, 15) is 5.11 Å². The minimum Gasteiger partial charge on any atom is -0.504 e. The first-order valence-electron chi connectivity index (χ1n) is 5.87. The molecule has 0 aromatic heterocycles. The van der Waals surface area contributed by atoms with E-state index in [0.717, 1.165) is 32.8 Å². The van der Waals surface area contributed by atoms with Crippen LogP contribution in [0.5, 0.6) is 11.5 Å². The van der Waals surface area contributed by atoms with Gasteiger partial charge in [-0.2, -0.15) is 0 Å². The molecule has 1 aromatic rings. The fourth-order valence-electron chi connectivity index (χ4n) is 2.67. The van der Waals surface area contributed by atoms with Crippen molar-refractivity contribution in [1.29, 1.82) is 0 Å². The first kappa shape index (κ1) is 10.9. The van der Waals surface area contributed by atoms with Crippen molar-refractivity contribution >= 4 is 0 Å². The van der Waals surface area contributed by atoms with Gasteiger partial charge in [0.15, 0.2) is 11.5 Å². The van der Waals surface area contributed by atoms with E-state index in [-0.39, 0.29) is 5.75 Å². The summed E-state index contributed by atoms with van der Waals surface area (Å²) in [6.45, 7) is 5.00.